The molecule has 0 fully saturated rings. The van der Waals surface area contributed by atoms with Crippen LogP contribution in [0.25, 0.3) is 0 Å². The van der Waals surface area contributed by atoms with Crippen LogP contribution in [0.3, 0.4) is 0 Å². The molecule has 4 aliphatic heterocycles. The Morgan fingerprint density at radius 1 is 0.796 bits per heavy atom. The molecule has 0 amide bonds. The molecule has 2 spiro atoms. The molecule has 2 aromatic rings. The zero-order valence-electron chi connectivity index (χ0n) is 31.0. The number of aryl methyl sites for hydroxylation is 1. The number of alkyl halides is 3. The quantitative estimate of drug-likeness (QED) is 0.138. The molecule has 0 aromatic heterocycles. The zero-order chi connectivity index (χ0) is 38.0. The molecule has 0 bridgehead atoms. The number of hydrogen-bond donors (Lipinski definition) is 2. The van der Waals surface area contributed by atoms with Crippen LogP contribution >= 0.6 is 0 Å². The third-order valence-electron chi connectivity index (χ3n) is 10.6. The van der Waals surface area contributed by atoms with Crippen molar-refractivity contribution in [2.45, 2.75) is 121 Å². The summed E-state index contributed by atoms with van der Waals surface area (Å²) < 4.78 is 77.8. The van der Waals surface area contributed by atoms with Crippen molar-refractivity contribution in [3.05, 3.63) is 76.4 Å². The van der Waals surface area contributed by atoms with Crippen molar-refractivity contribution in [1.29, 1.82) is 0 Å². The minimum atomic E-state index is -5.81. The van der Waals surface area contributed by atoms with E-state index in [1.165, 1.54) is 22.8 Å². The number of aliphatic hydroxyl groups is 2. The summed E-state index contributed by atoms with van der Waals surface area (Å²) in [6.45, 7) is 5.42. The molecule has 4 heterocycles. The molecule has 9 nitrogen and oxygen atoms in total. The van der Waals surface area contributed by atoms with E-state index in [1.54, 1.807) is 12.1 Å². The van der Waals surface area contributed by atoms with E-state index in [0.717, 1.165) is 30.8 Å². The van der Waals surface area contributed by atoms with Gasteiger partial charge in [-0.15, -0.1) is 0 Å². The van der Waals surface area contributed by atoms with Crippen molar-refractivity contribution in [2.24, 2.45) is 0 Å². The minimum absolute atomic E-state index is 0. The Bertz CT molecular complexity index is 1860. The normalized spacial score (nSPS) is 29.3. The zero-order valence-corrected chi connectivity index (χ0v) is 34.6. The van der Waals surface area contributed by atoms with Crippen LogP contribution in [0.5, 0.6) is 17.2 Å². The van der Waals surface area contributed by atoms with E-state index < -0.39 is 57.4 Å². The Labute approximate surface area is 324 Å². The van der Waals surface area contributed by atoms with E-state index in [-0.39, 0.29) is 44.6 Å². The fourth-order valence-electron chi connectivity index (χ4n) is 8.22. The van der Waals surface area contributed by atoms with Gasteiger partial charge in [0.2, 0.25) is 0 Å². The van der Waals surface area contributed by atoms with Gasteiger partial charge in [0.05, 0.1) is 23.0 Å². The van der Waals surface area contributed by atoms with Crippen LogP contribution in [0.1, 0.15) is 68.4 Å². The second kappa shape index (κ2) is 15.9. The molecule has 6 aliphatic rings. The Morgan fingerprint density at radius 2 is 1.22 bits per heavy atom. The number of ether oxygens (including phenoxy) is 2. The van der Waals surface area contributed by atoms with E-state index in [4.69, 9.17) is 9.47 Å². The van der Waals surface area contributed by atoms with Gasteiger partial charge < -0.3 is 33.7 Å². The van der Waals surface area contributed by atoms with Crippen molar-refractivity contribution in [3.8, 4) is 17.2 Å². The fraction of sp³-hybridized carbons (Fsp3) is 0.600. The van der Waals surface area contributed by atoms with Gasteiger partial charge in [-0.05, 0) is 69.7 Å². The van der Waals surface area contributed by atoms with Gasteiger partial charge in [-0.2, -0.15) is 21.6 Å². The third kappa shape index (κ3) is 8.51. The summed E-state index contributed by atoms with van der Waals surface area (Å²) >= 11 is -1.18. The van der Waals surface area contributed by atoms with Gasteiger partial charge in [0.15, 0.2) is 11.5 Å². The standard InChI is InChI=1S/C17H18F3NO5S.C17H21NO2.2CH4.4CH3.Sn/c1-21-7-6-16-5-4-11(22)8-13(16)25-15-12(3-2-10(9-21)14(15)16)26-27(23,24)17(18,19)20;1-11-3-4-12-10-18(2)8-7-17-6-5-13(19)9-14(17)20-16(11)15(12)17;;;;;;;/h2-5,11,13,22H,6-9H2,1H3;3-6,13-14,19H,7-10H2,1-2H3;2*1H4;4*1H3;/t11-,13?,16?;13-,14?,17?;;;;;;;/m00......./s1. The maximum atomic E-state index is 12.8. The molecule has 8 rings (SSSR count). The molecule has 0 radical (unpaired) electrons. The van der Waals surface area contributed by atoms with Gasteiger partial charge in [0.1, 0.15) is 18.0 Å². The predicted molar refractivity (Wildman–Crippen MR) is 210 cm³/mol. The summed E-state index contributed by atoms with van der Waals surface area (Å²) in [5.74, 6) is 0.605. The summed E-state index contributed by atoms with van der Waals surface area (Å²) in [6, 6.07) is 7.19. The molecular formula is C40H59F3N2O7SSn. The molecule has 14 heteroatoms. The van der Waals surface area contributed by atoms with Crippen molar-refractivity contribution in [1.82, 2.24) is 9.80 Å². The van der Waals surface area contributed by atoms with Gasteiger partial charge in [-0.25, -0.2) is 0 Å². The average Bonchev–Trinajstić information content (AvgIpc) is 3.44. The average molecular weight is 888 g/mol. The molecule has 0 saturated carbocycles. The topological polar surface area (TPSA) is 109 Å². The second-order valence-electron chi connectivity index (χ2n) is 16.7. The van der Waals surface area contributed by atoms with E-state index in [9.17, 15) is 31.8 Å². The van der Waals surface area contributed by atoms with Crippen molar-refractivity contribution >= 4 is 28.5 Å². The first-order valence-corrected chi connectivity index (χ1v) is 30.7. The number of hydrogen-bond acceptors (Lipinski definition) is 9. The maximum absolute atomic E-state index is 12.8. The molecule has 6 atom stereocenters. The van der Waals surface area contributed by atoms with Crippen LogP contribution in [0.4, 0.5) is 13.2 Å². The van der Waals surface area contributed by atoms with Gasteiger partial charge in [-0.1, -0.05) is 57.4 Å². The second-order valence-corrected chi connectivity index (χ2v) is 35.4. The number of aliphatic hydroxyl groups excluding tert-OH is 2. The Balaban J connectivity index is 0.000000213. The number of halogens is 3. The van der Waals surface area contributed by atoms with E-state index in [0.29, 0.717) is 31.5 Å². The van der Waals surface area contributed by atoms with Crippen LogP contribution in [0.2, 0.25) is 19.8 Å². The first kappa shape index (κ1) is 44.4. The van der Waals surface area contributed by atoms with Crippen LogP contribution < -0.4 is 13.7 Å². The van der Waals surface area contributed by atoms with Crippen LogP contribution in [0.15, 0.2) is 48.6 Å². The first-order chi connectivity index (χ1) is 24.1. The summed E-state index contributed by atoms with van der Waals surface area (Å²) in [5, 5.41) is 19.9. The molecule has 0 saturated heterocycles. The number of rotatable bonds is 2. The SMILES string of the molecule is C.C.CN1CCC23C=C[C@H](O)CC2Oc2c(OS(=O)(=O)C(F)(F)F)ccc(c23)C1.Cc1ccc2c3c1OC1C[C@@H](O)C=CC31CCN(C)C2.[CH3][Sn]([CH3])([CH3])[CH3]. The van der Waals surface area contributed by atoms with Crippen molar-refractivity contribution in [3.63, 3.8) is 0 Å². The van der Waals surface area contributed by atoms with Gasteiger partial charge in [-0.3, -0.25) is 0 Å². The van der Waals surface area contributed by atoms with Crippen molar-refractivity contribution < 1.29 is 45.5 Å². The van der Waals surface area contributed by atoms with Crippen LogP contribution in [0, 0.1) is 6.92 Å². The van der Waals surface area contributed by atoms with Gasteiger partial charge in [0.25, 0.3) is 0 Å². The Kier molecular flexibility index (Phi) is 13.1. The van der Waals surface area contributed by atoms with E-state index in [1.807, 2.05) is 19.2 Å². The number of benzene rings is 2. The fourth-order valence-corrected chi connectivity index (χ4v) is 8.68. The number of nitrogens with zero attached hydrogens (tertiary/aromatic N) is 2. The van der Waals surface area contributed by atoms with E-state index in [2.05, 4.69) is 65.9 Å². The molecule has 2 aromatic carbocycles. The summed E-state index contributed by atoms with van der Waals surface area (Å²) in [6.07, 6.45) is 8.83. The first-order valence-electron chi connectivity index (χ1n) is 17.9. The molecule has 4 unspecified atom stereocenters. The summed E-state index contributed by atoms with van der Waals surface area (Å²) in [7, 11) is -1.70. The van der Waals surface area contributed by atoms with Gasteiger partial charge in [0, 0.05) is 37.1 Å². The van der Waals surface area contributed by atoms with Crippen LogP contribution in [-0.2, 0) is 34.0 Å². The molecule has 54 heavy (non-hydrogen) atoms. The Morgan fingerprint density at radius 3 is 1.69 bits per heavy atom. The third-order valence-corrected chi connectivity index (χ3v) is 11.5. The molecule has 2 N–H and O–H groups in total. The van der Waals surface area contributed by atoms with E-state index >= 15 is 0 Å². The summed E-state index contributed by atoms with van der Waals surface area (Å²) in [4.78, 5) is 14.0. The van der Waals surface area contributed by atoms with Gasteiger partial charge >= 0.3 is 53.8 Å². The predicted octanol–water partition coefficient (Wildman–Crippen LogP) is 7.45. The molecular weight excluding hydrogens is 828 g/mol. The Hall–Kier alpha value is -2.30. The van der Waals surface area contributed by atoms with Crippen LogP contribution in [-0.4, -0.2) is 104 Å². The molecule has 302 valence electrons. The molecule has 2 aliphatic carbocycles. The monoisotopic (exact) mass is 888 g/mol. The summed E-state index contributed by atoms with van der Waals surface area (Å²) in [5.41, 5.74) is -0.725. The van der Waals surface area contributed by atoms with Crippen molar-refractivity contribution in [2.75, 3.05) is 27.2 Å².